The zero-order chi connectivity index (χ0) is 18.2. The van der Waals surface area contributed by atoms with Crippen LogP contribution < -0.4 is 14.8 Å². The number of amides is 1. The molecule has 1 aromatic carbocycles. The van der Waals surface area contributed by atoms with Crippen LogP contribution in [0.1, 0.15) is 22.0 Å². The third kappa shape index (κ3) is 5.08. The summed E-state index contributed by atoms with van der Waals surface area (Å²) < 4.78 is 10.8. The minimum atomic E-state index is -0.143. The van der Waals surface area contributed by atoms with E-state index >= 15 is 0 Å². The molecule has 0 fully saturated rings. The fraction of sp³-hybridized carbons (Fsp3) is 0.316. The first kappa shape index (κ1) is 19.0. The van der Waals surface area contributed by atoms with Gasteiger partial charge in [-0.1, -0.05) is 12.7 Å². The summed E-state index contributed by atoms with van der Waals surface area (Å²) in [5, 5.41) is 7.14. The van der Waals surface area contributed by atoms with Gasteiger partial charge in [-0.25, -0.2) is 0 Å². The maximum atomic E-state index is 12.5. The molecule has 1 atom stereocenters. The Labute approximate surface area is 152 Å². The quantitative estimate of drug-likeness (QED) is 0.697. The fourth-order valence-corrected chi connectivity index (χ4v) is 3.14. The molecule has 5 nitrogen and oxygen atoms in total. The second kappa shape index (κ2) is 9.25. The number of benzene rings is 1. The molecule has 1 N–H and O–H groups in total. The highest BCUT2D eigenvalue weighted by atomic mass is 32.1. The fourth-order valence-electron chi connectivity index (χ4n) is 2.43. The summed E-state index contributed by atoms with van der Waals surface area (Å²) in [4.78, 5) is 14.6. The van der Waals surface area contributed by atoms with Crippen LogP contribution in [0.5, 0.6) is 11.5 Å². The number of rotatable bonds is 9. The normalized spacial score (nSPS) is 11.8. The summed E-state index contributed by atoms with van der Waals surface area (Å²) in [5.74, 6) is 0.968. The van der Waals surface area contributed by atoms with Gasteiger partial charge in [0.05, 0.1) is 13.2 Å². The Morgan fingerprint density at radius 2 is 2.16 bits per heavy atom. The van der Waals surface area contributed by atoms with Crippen molar-refractivity contribution in [1.82, 2.24) is 10.2 Å². The van der Waals surface area contributed by atoms with E-state index in [2.05, 4.69) is 28.2 Å². The highest BCUT2D eigenvalue weighted by Gasteiger charge is 2.17. The van der Waals surface area contributed by atoms with Crippen LogP contribution in [0.3, 0.4) is 0 Å². The number of carbonyl (C=O) groups excluding carboxylic acids is 1. The first-order valence-electron chi connectivity index (χ1n) is 7.95. The van der Waals surface area contributed by atoms with Crippen molar-refractivity contribution in [3.8, 4) is 11.5 Å². The molecular weight excluding hydrogens is 336 g/mol. The summed E-state index contributed by atoms with van der Waals surface area (Å²) in [5.41, 5.74) is 1.73. The Hall–Kier alpha value is -2.31. The molecule has 0 saturated carbocycles. The third-order valence-corrected chi connectivity index (χ3v) is 4.49. The molecule has 1 amide bonds. The summed E-state index contributed by atoms with van der Waals surface area (Å²) in [6.45, 7) is 4.53. The SMILES string of the molecule is C=CCOc1ccc(C(=O)NCC(c2ccsc2)N(C)C)cc1OC. The lowest BCUT2D eigenvalue weighted by Gasteiger charge is -2.24. The average molecular weight is 360 g/mol. The van der Waals surface area contributed by atoms with Crippen molar-refractivity contribution in [2.45, 2.75) is 6.04 Å². The molecule has 0 spiro atoms. The molecule has 25 heavy (non-hydrogen) atoms. The molecule has 2 rings (SSSR count). The predicted octanol–water partition coefficient (Wildman–Crippen LogP) is 3.35. The van der Waals surface area contributed by atoms with E-state index in [4.69, 9.17) is 9.47 Å². The van der Waals surface area contributed by atoms with Gasteiger partial charge in [-0.05, 0) is 54.7 Å². The highest BCUT2D eigenvalue weighted by molar-refractivity contribution is 7.07. The number of likely N-dealkylation sites (N-methyl/N-ethyl adjacent to an activating group) is 1. The predicted molar refractivity (Wildman–Crippen MR) is 102 cm³/mol. The number of hydrogen-bond acceptors (Lipinski definition) is 5. The van der Waals surface area contributed by atoms with Crippen LogP contribution >= 0.6 is 11.3 Å². The molecule has 2 aromatic rings. The number of ether oxygens (including phenoxy) is 2. The summed E-state index contributed by atoms with van der Waals surface area (Å²) in [6, 6.07) is 7.36. The maximum Gasteiger partial charge on any atom is 0.251 e. The minimum absolute atomic E-state index is 0.132. The molecule has 0 saturated heterocycles. The molecule has 0 aliphatic carbocycles. The Morgan fingerprint density at radius 1 is 1.36 bits per heavy atom. The van der Waals surface area contributed by atoms with Crippen LogP contribution in [0.15, 0.2) is 47.7 Å². The molecule has 134 valence electrons. The van der Waals surface area contributed by atoms with E-state index in [0.717, 1.165) is 0 Å². The van der Waals surface area contributed by atoms with E-state index < -0.39 is 0 Å². The first-order chi connectivity index (χ1) is 12.1. The van der Waals surface area contributed by atoms with Crippen molar-refractivity contribution in [3.63, 3.8) is 0 Å². The Bertz CT molecular complexity index is 699. The maximum absolute atomic E-state index is 12.5. The van der Waals surface area contributed by atoms with Crippen LogP contribution in [-0.4, -0.2) is 45.2 Å². The molecule has 0 aliphatic rings. The van der Waals surface area contributed by atoms with Crippen molar-refractivity contribution in [3.05, 3.63) is 58.8 Å². The van der Waals surface area contributed by atoms with Gasteiger partial charge in [-0.3, -0.25) is 4.79 Å². The lowest BCUT2D eigenvalue weighted by atomic mass is 10.1. The molecule has 6 heteroatoms. The first-order valence-corrected chi connectivity index (χ1v) is 8.89. The average Bonchev–Trinajstić information content (AvgIpc) is 3.13. The molecule has 1 heterocycles. The number of methoxy groups -OCH3 is 1. The van der Waals surface area contributed by atoms with Crippen LogP contribution in [0.25, 0.3) is 0 Å². The van der Waals surface area contributed by atoms with Gasteiger partial charge in [0.25, 0.3) is 5.91 Å². The Balaban J connectivity index is 2.06. The van der Waals surface area contributed by atoms with Gasteiger partial charge >= 0.3 is 0 Å². The van der Waals surface area contributed by atoms with Crippen LogP contribution in [0.2, 0.25) is 0 Å². The van der Waals surface area contributed by atoms with Crippen LogP contribution in [-0.2, 0) is 0 Å². The number of carbonyl (C=O) groups is 1. The van der Waals surface area contributed by atoms with Gasteiger partial charge in [0.15, 0.2) is 11.5 Å². The van der Waals surface area contributed by atoms with E-state index in [1.807, 2.05) is 19.5 Å². The van der Waals surface area contributed by atoms with Crippen molar-refractivity contribution in [2.75, 3.05) is 34.4 Å². The summed E-state index contributed by atoms with van der Waals surface area (Å²) in [6.07, 6.45) is 1.66. The Kier molecular flexibility index (Phi) is 7.03. The summed E-state index contributed by atoms with van der Waals surface area (Å²) in [7, 11) is 5.56. The van der Waals surface area contributed by atoms with E-state index in [-0.39, 0.29) is 11.9 Å². The van der Waals surface area contributed by atoms with Gasteiger partial charge in [-0.2, -0.15) is 11.3 Å². The van der Waals surface area contributed by atoms with E-state index in [1.54, 1.807) is 42.7 Å². The molecule has 0 bridgehead atoms. The van der Waals surface area contributed by atoms with Gasteiger partial charge in [0, 0.05) is 12.1 Å². The molecule has 0 radical (unpaired) electrons. The van der Waals surface area contributed by atoms with Gasteiger partial charge < -0.3 is 19.7 Å². The zero-order valence-electron chi connectivity index (χ0n) is 14.8. The van der Waals surface area contributed by atoms with Crippen LogP contribution in [0.4, 0.5) is 0 Å². The molecule has 0 aliphatic heterocycles. The van der Waals surface area contributed by atoms with E-state index in [1.165, 1.54) is 5.56 Å². The second-order valence-corrected chi connectivity index (χ2v) is 6.49. The highest BCUT2D eigenvalue weighted by Crippen LogP contribution is 2.28. The number of nitrogens with zero attached hydrogens (tertiary/aromatic N) is 1. The lowest BCUT2D eigenvalue weighted by molar-refractivity contribution is 0.0941. The lowest BCUT2D eigenvalue weighted by Crippen LogP contribution is -2.34. The molecule has 1 aromatic heterocycles. The smallest absolute Gasteiger partial charge is 0.251 e. The molecule has 1 unspecified atom stereocenters. The summed E-state index contributed by atoms with van der Waals surface area (Å²) >= 11 is 1.65. The number of nitrogens with one attached hydrogen (secondary N) is 1. The van der Waals surface area contributed by atoms with Crippen LogP contribution in [0, 0.1) is 0 Å². The van der Waals surface area contributed by atoms with Crippen molar-refractivity contribution < 1.29 is 14.3 Å². The monoisotopic (exact) mass is 360 g/mol. The Morgan fingerprint density at radius 3 is 2.76 bits per heavy atom. The van der Waals surface area contributed by atoms with Gasteiger partial charge in [0.1, 0.15) is 6.61 Å². The molecular formula is C19H24N2O3S. The minimum Gasteiger partial charge on any atom is -0.493 e. The van der Waals surface area contributed by atoms with E-state index in [9.17, 15) is 4.79 Å². The van der Waals surface area contributed by atoms with Crippen molar-refractivity contribution in [2.24, 2.45) is 0 Å². The number of hydrogen-bond donors (Lipinski definition) is 1. The van der Waals surface area contributed by atoms with Crippen molar-refractivity contribution in [1.29, 1.82) is 0 Å². The van der Waals surface area contributed by atoms with E-state index in [0.29, 0.717) is 30.2 Å². The largest absolute Gasteiger partial charge is 0.493 e. The topological polar surface area (TPSA) is 50.8 Å². The zero-order valence-corrected chi connectivity index (χ0v) is 15.6. The standard InChI is InChI=1S/C19H24N2O3S/c1-5-9-24-17-7-6-14(11-18(17)23-4)19(22)20-12-16(21(2)3)15-8-10-25-13-15/h5-8,10-11,13,16H,1,9,12H2,2-4H3,(H,20,22). The van der Waals surface area contributed by atoms with Gasteiger partial charge in [-0.15, -0.1) is 0 Å². The number of thiophene rings is 1. The third-order valence-electron chi connectivity index (χ3n) is 3.79. The second-order valence-electron chi connectivity index (χ2n) is 5.71. The van der Waals surface area contributed by atoms with Crippen molar-refractivity contribution >= 4 is 17.2 Å². The van der Waals surface area contributed by atoms with Gasteiger partial charge in [0.2, 0.25) is 0 Å².